The van der Waals surface area contributed by atoms with Crippen LogP contribution < -0.4 is 0 Å². The fourth-order valence-electron chi connectivity index (χ4n) is 1.97. The molecule has 0 bridgehead atoms. The second kappa shape index (κ2) is 6.29. The van der Waals surface area contributed by atoms with Crippen molar-refractivity contribution < 1.29 is 18.3 Å². The van der Waals surface area contributed by atoms with E-state index in [1.807, 2.05) is 0 Å². The Morgan fingerprint density at radius 2 is 1.70 bits per heavy atom. The summed E-state index contributed by atoms with van der Waals surface area (Å²) in [7, 11) is 0. The lowest BCUT2D eigenvalue weighted by Crippen LogP contribution is -2.16. The molecule has 2 aromatic carbocycles. The molecule has 2 rings (SSSR count). The lowest BCUT2D eigenvalue weighted by atomic mass is 10.0. The van der Waals surface area contributed by atoms with Crippen LogP contribution in [0.3, 0.4) is 0 Å². The van der Waals surface area contributed by atoms with E-state index >= 15 is 0 Å². The molecule has 0 spiro atoms. The molecule has 0 aliphatic heterocycles. The van der Waals surface area contributed by atoms with Gasteiger partial charge in [-0.05, 0) is 23.3 Å². The van der Waals surface area contributed by atoms with Gasteiger partial charge in [0, 0.05) is 18.9 Å². The van der Waals surface area contributed by atoms with Crippen LogP contribution in [0.15, 0.2) is 36.4 Å². The molecule has 0 aromatic heterocycles. The van der Waals surface area contributed by atoms with Gasteiger partial charge >= 0.3 is 0 Å². The first-order valence-electron chi connectivity index (χ1n) is 6.02. The van der Waals surface area contributed by atoms with E-state index in [4.69, 9.17) is 11.6 Å². The van der Waals surface area contributed by atoms with Crippen LogP contribution in [0.5, 0.6) is 0 Å². The predicted octanol–water partition coefficient (Wildman–Crippen LogP) is 3.90. The minimum atomic E-state index is -0.983. The number of benzene rings is 2. The lowest BCUT2D eigenvalue weighted by molar-refractivity contribution is 0.173. The first-order chi connectivity index (χ1) is 9.47. The average molecular weight is 301 g/mol. The van der Waals surface area contributed by atoms with E-state index in [1.165, 1.54) is 18.2 Å². The smallest absolute Gasteiger partial charge is 0.145 e. The van der Waals surface area contributed by atoms with Crippen LogP contribution in [0.4, 0.5) is 13.2 Å². The van der Waals surface area contributed by atoms with Gasteiger partial charge in [-0.25, -0.2) is 13.2 Å². The topological polar surface area (TPSA) is 20.2 Å². The highest BCUT2D eigenvalue weighted by atomic mass is 35.5. The molecule has 20 heavy (non-hydrogen) atoms. The second-order valence-corrected chi connectivity index (χ2v) is 4.92. The van der Waals surface area contributed by atoms with Gasteiger partial charge < -0.3 is 5.11 Å². The van der Waals surface area contributed by atoms with Gasteiger partial charge in [0.05, 0.1) is 11.1 Å². The van der Waals surface area contributed by atoms with E-state index in [-0.39, 0.29) is 29.0 Å². The van der Waals surface area contributed by atoms with Gasteiger partial charge in [0.2, 0.25) is 0 Å². The summed E-state index contributed by atoms with van der Waals surface area (Å²) in [6.45, 7) is 0. The van der Waals surface area contributed by atoms with Crippen molar-refractivity contribution in [3.05, 3.63) is 70.0 Å². The molecule has 1 nitrogen and oxygen atoms in total. The maximum Gasteiger partial charge on any atom is 0.145 e. The van der Waals surface area contributed by atoms with Crippen LogP contribution in [0, 0.1) is 17.5 Å². The van der Waals surface area contributed by atoms with Crippen LogP contribution in [0.2, 0.25) is 5.02 Å². The summed E-state index contributed by atoms with van der Waals surface area (Å²) in [5, 5.41) is 9.87. The van der Waals surface area contributed by atoms with Crippen LogP contribution in [-0.2, 0) is 12.8 Å². The summed E-state index contributed by atoms with van der Waals surface area (Å²) < 4.78 is 39.9. The Kier molecular flexibility index (Phi) is 4.68. The zero-order valence-electron chi connectivity index (χ0n) is 10.4. The molecule has 0 saturated carbocycles. The number of aliphatic hydroxyl groups is 1. The molecule has 0 radical (unpaired) electrons. The Bertz CT molecular complexity index is 616. The van der Waals surface area contributed by atoms with Crippen molar-refractivity contribution in [1.82, 2.24) is 0 Å². The number of hydrogen-bond donors (Lipinski definition) is 1. The van der Waals surface area contributed by atoms with Crippen molar-refractivity contribution in [1.29, 1.82) is 0 Å². The number of hydrogen-bond acceptors (Lipinski definition) is 1. The van der Waals surface area contributed by atoms with Gasteiger partial charge in [0.1, 0.15) is 17.5 Å². The predicted molar refractivity (Wildman–Crippen MR) is 71.2 cm³/mol. The van der Waals surface area contributed by atoms with E-state index in [9.17, 15) is 18.3 Å². The standard InChI is InChI=1S/C15H12ClF3O/c16-13-3-1-2-10(15(13)19)7-12(20)6-9-4-5-11(17)8-14(9)18/h1-5,8,12,20H,6-7H2. The average Bonchev–Trinajstić information content (AvgIpc) is 2.38. The summed E-state index contributed by atoms with van der Waals surface area (Å²) in [6, 6.07) is 7.62. The molecule has 0 fully saturated rings. The fourth-order valence-corrected chi connectivity index (χ4v) is 2.17. The van der Waals surface area contributed by atoms with E-state index < -0.39 is 23.6 Å². The molecule has 5 heteroatoms. The van der Waals surface area contributed by atoms with Crippen molar-refractivity contribution >= 4 is 11.6 Å². The van der Waals surface area contributed by atoms with E-state index in [0.717, 1.165) is 12.1 Å². The minimum Gasteiger partial charge on any atom is -0.392 e. The summed E-state index contributed by atoms with van der Waals surface area (Å²) in [5.74, 6) is -2.00. The summed E-state index contributed by atoms with van der Waals surface area (Å²) >= 11 is 5.64. The minimum absolute atomic E-state index is 0.00318. The van der Waals surface area contributed by atoms with Crippen LogP contribution in [-0.4, -0.2) is 11.2 Å². The van der Waals surface area contributed by atoms with Gasteiger partial charge in [-0.1, -0.05) is 29.8 Å². The summed E-state index contributed by atoms with van der Waals surface area (Å²) in [6.07, 6.45) is -1.01. The number of aliphatic hydroxyl groups excluding tert-OH is 1. The Morgan fingerprint density at radius 3 is 2.40 bits per heavy atom. The third-order valence-electron chi connectivity index (χ3n) is 2.96. The van der Waals surface area contributed by atoms with Crippen molar-refractivity contribution in [3.63, 3.8) is 0 Å². The van der Waals surface area contributed by atoms with Crippen molar-refractivity contribution in [2.24, 2.45) is 0 Å². The molecule has 0 heterocycles. The fraction of sp³-hybridized carbons (Fsp3) is 0.200. The lowest BCUT2D eigenvalue weighted by Gasteiger charge is -2.12. The number of halogens is 4. The largest absolute Gasteiger partial charge is 0.392 e. The summed E-state index contributed by atoms with van der Waals surface area (Å²) in [5.41, 5.74) is 0.439. The Labute approximate surface area is 119 Å². The highest BCUT2D eigenvalue weighted by Gasteiger charge is 2.14. The molecule has 1 atom stereocenters. The van der Waals surface area contributed by atoms with E-state index in [1.54, 1.807) is 6.07 Å². The normalized spacial score (nSPS) is 12.4. The van der Waals surface area contributed by atoms with Gasteiger partial charge in [0.15, 0.2) is 0 Å². The molecule has 1 N–H and O–H groups in total. The quantitative estimate of drug-likeness (QED) is 0.908. The zero-order chi connectivity index (χ0) is 14.7. The molecular weight excluding hydrogens is 289 g/mol. The SMILES string of the molecule is OC(Cc1ccc(F)cc1F)Cc1cccc(Cl)c1F. The second-order valence-electron chi connectivity index (χ2n) is 4.51. The first-order valence-corrected chi connectivity index (χ1v) is 6.40. The maximum atomic E-state index is 13.7. The zero-order valence-corrected chi connectivity index (χ0v) is 11.2. The van der Waals surface area contributed by atoms with Gasteiger partial charge in [-0.2, -0.15) is 0 Å². The molecule has 106 valence electrons. The molecule has 0 saturated heterocycles. The highest BCUT2D eigenvalue weighted by Crippen LogP contribution is 2.20. The summed E-state index contributed by atoms with van der Waals surface area (Å²) in [4.78, 5) is 0. The Morgan fingerprint density at radius 1 is 1.00 bits per heavy atom. The van der Waals surface area contributed by atoms with Gasteiger partial charge in [-0.3, -0.25) is 0 Å². The maximum absolute atomic E-state index is 13.7. The van der Waals surface area contributed by atoms with Crippen LogP contribution >= 0.6 is 11.6 Å². The molecule has 0 amide bonds. The van der Waals surface area contributed by atoms with E-state index in [0.29, 0.717) is 0 Å². The third kappa shape index (κ3) is 3.52. The van der Waals surface area contributed by atoms with E-state index in [2.05, 4.69) is 0 Å². The Balaban J connectivity index is 2.09. The van der Waals surface area contributed by atoms with Gasteiger partial charge in [0.25, 0.3) is 0 Å². The molecule has 0 aliphatic rings. The van der Waals surface area contributed by atoms with Crippen LogP contribution in [0.25, 0.3) is 0 Å². The molecular formula is C15H12ClF3O. The monoisotopic (exact) mass is 300 g/mol. The van der Waals surface area contributed by atoms with Crippen molar-refractivity contribution in [3.8, 4) is 0 Å². The highest BCUT2D eigenvalue weighted by molar-refractivity contribution is 6.30. The number of rotatable bonds is 4. The molecule has 1 unspecified atom stereocenters. The van der Waals surface area contributed by atoms with Crippen molar-refractivity contribution in [2.75, 3.05) is 0 Å². The Hall–Kier alpha value is -1.52. The van der Waals surface area contributed by atoms with Crippen LogP contribution in [0.1, 0.15) is 11.1 Å². The molecule has 0 aliphatic carbocycles. The van der Waals surface area contributed by atoms with Gasteiger partial charge in [-0.15, -0.1) is 0 Å². The van der Waals surface area contributed by atoms with Crippen molar-refractivity contribution in [2.45, 2.75) is 18.9 Å². The molecule has 2 aromatic rings. The first kappa shape index (κ1) is 14.9. The third-order valence-corrected chi connectivity index (χ3v) is 3.25.